The summed E-state index contributed by atoms with van der Waals surface area (Å²) >= 11 is 0. The van der Waals surface area contributed by atoms with Crippen molar-refractivity contribution in [2.24, 2.45) is 0 Å². The molecular formula is C21H16F4N8O3. The highest BCUT2D eigenvalue weighted by Crippen LogP contribution is 2.46. The van der Waals surface area contributed by atoms with Crippen molar-refractivity contribution in [3.63, 3.8) is 0 Å². The van der Waals surface area contributed by atoms with E-state index in [1.807, 2.05) is 0 Å². The number of tetrazole rings is 1. The monoisotopic (exact) mass is 504 g/mol. The predicted molar refractivity (Wildman–Crippen MR) is 112 cm³/mol. The minimum absolute atomic E-state index is 0.0675. The summed E-state index contributed by atoms with van der Waals surface area (Å²) in [6.45, 7) is -1.50. The van der Waals surface area contributed by atoms with E-state index >= 15 is 8.78 Å². The number of rotatable bonds is 7. The molecule has 3 heterocycles. The van der Waals surface area contributed by atoms with Gasteiger partial charge in [-0.25, -0.2) is 27.5 Å². The Morgan fingerprint density at radius 2 is 1.89 bits per heavy atom. The van der Waals surface area contributed by atoms with Crippen molar-refractivity contribution in [2.75, 3.05) is 6.61 Å². The first-order valence-electron chi connectivity index (χ1n) is 10.1. The van der Waals surface area contributed by atoms with Gasteiger partial charge in [-0.05, 0) is 34.7 Å². The van der Waals surface area contributed by atoms with Gasteiger partial charge in [0.1, 0.15) is 43.1 Å². The molecule has 36 heavy (non-hydrogen) atoms. The third-order valence-electron chi connectivity index (χ3n) is 5.19. The number of hydrogen-bond donors (Lipinski definition) is 2. The summed E-state index contributed by atoms with van der Waals surface area (Å²) in [5, 5.41) is 33.8. The number of aromatic nitrogens is 8. The van der Waals surface area contributed by atoms with Crippen LogP contribution >= 0.6 is 0 Å². The van der Waals surface area contributed by atoms with E-state index in [-0.39, 0.29) is 12.2 Å². The molecule has 3 aromatic heterocycles. The Bertz CT molecular complexity index is 1480. The van der Waals surface area contributed by atoms with E-state index in [1.165, 1.54) is 0 Å². The lowest BCUT2D eigenvalue weighted by atomic mass is 9.84. The van der Waals surface area contributed by atoms with Gasteiger partial charge in [-0.1, -0.05) is 11.8 Å². The molecule has 0 fully saturated rings. The SMILES string of the molecule is O=c1n(-c2ccc(C(F)(F)C(O)(Cn3cnnn3)c3ccc(F)cc3F)nc2)cnn1CC#CCO. The molecule has 15 heteroatoms. The highest BCUT2D eigenvalue weighted by atomic mass is 19.3. The van der Waals surface area contributed by atoms with Crippen LogP contribution in [0, 0.1) is 23.5 Å². The first-order valence-corrected chi connectivity index (χ1v) is 10.1. The lowest BCUT2D eigenvalue weighted by Crippen LogP contribution is -2.48. The molecule has 0 aliphatic heterocycles. The number of nitrogens with zero attached hydrogens (tertiary/aromatic N) is 8. The molecule has 2 N–H and O–H groups in total. The second kappa shape index (κ2) is 9.68. The van der Waals surface area contributed by atoms with Gasteiger partial charge in [0, 0.05) is 11.6 Å². The molecule has 0 saturated carbocycles. The average molecular weight is 504 g/mol. The molecule has 1 aromatic carbocycles. The molecule has 186 valence electrons. The van der Waals surface area contributed by atoms with E-state index in [2.05, 4.69) is 37.4 Å². The van der Waals surface area contributed by atoms with Gasteiger partial charge in [-0.15, -0.1) is 5.10 Å². The van der Waals surface area contributed by atoms with Crippen LogP contribution in [0.5, 0.6) is 0 Å². The van der Waals surface area contributed by atoms with Crippen molar-refractivity contribution >= 4 is 0 Å². The molecule has 0 radical (unpaired) electrons. The standard InChI is InChI=1S/C21H16F4N8O3/c22-14-3-5-16(17(23)9-14)20(36,11-31-12-27-29-30-31)21(24,25)18-6-4-15(10-26-18)32-13-28-33(19(32)35)7-1-2-8-34/h3-6,9-10,12-13,34,36H,7-8,11H2. The Hall–Kier alpha value is -4.42. The highest BCUT2D eigenvalue weighted by molar-refractivity contribution is 5.34. The van der Waals surface area contributed by atoms with E-state index in [0.29, 0.717) is 12.1 Å². The Kier molecular flexibility index (Phi) is 6.64. The maximum absolute atomic E-state index is 15.8. The van der Waals surface area contributed by atoms with Crippen molar-refractivity contribution in [2.45, 2.75) is 24.6 Å². The third kappa shape index (κ3) is 4.46. The summed E-state index contributed by atoms with van der Waals surface area (Å²) in [5.41, 5.74) is -5.75. The zero-order chi connectivity index (χ0) is 25.9. The van der Waals surface area contributed by atoms with Gasteiger partial charge in [0.2, 0.25) is 0 Å². The average Bonchev–Trinajstić information content (AvgIpc) is 3.49. The van der Waals surface area contributed by atoms with Gasteiger partial charge in [0.05, 0.1) is 18.4 Å². The number of aliphatic hydroxyl groups is 2. The fourth-order valence-electron chi connectivity index (χ4n) is 3.40. The lowest BCUT2D eigenvalue weighted by Gasteiger charge is -2.35. The lowest BCUT2D eigenvalue weighted by molar-refractivity contribution is -0.207. The summed E-state index contributed by atoms with van der Waals surface area (Å²) in [4.78, 5) is 16.2. The van der Waals surface area contributed by atoms with Crippen molar-refractivity contribution in [3.05, 3.63) is 82.6 Å². The van der Waals surface area contributed by atoms with Gasteiger partial charge >= 0.3 is 11.6 Å². The summed E-state index contributed by atoms with van der Waals surface area (Å²) in [7, 11) is 0. The summed E-state index contributed by atoms with van der Waals surface area (Å²) in [5.74, 6) is -1.80. The molecule has 11 nitrogen and oxygen atoms in total. The number of alkyl halides is 2. The molecule has 0 spiro atoms. The quantitative estimate of drug-likeness (QED) is 0.272. The molecule has 0 aliphatic rings. The number of halogens is 4. The van der Waals surface area contributed by atoms with Crippen molar-refractivity contribution in [1.82, 2.24) is 39.5 Å². The zero-order valence-corrected chi connectivity index (χ0v) is 18.1. The summed E-state index contributed by atoms with van der Waals surface area (Å²) < 4.78 is 62.3. The maximum Gasteiger partial charge on any atom is 0.351 e. The second-order valence-corrected chi connectivity index (χ2v) is 7.42. The van der Waals surface area contributed by atoms with Crippen LogP contribution in [0.25, 0.3) is 5.69 Å². The van der Waals surface area contributed by atoms with Crippen LogP contribution in [-0.2, 0) is 24.6 Å². The topological polar surface area (TPSA) is 137 Å². The van der Waals surface area contributed by atoms with Crippen LogP contribution in [0.1, 0.15) is 11.3 Å². The van der Waals surface area contributed by atoms with E-state index in [4.69, 9.17) is 5.11 Å². The van der Waals surface area contributed by atoms with Crippen LogP contribution < -0.4 is 5.69 Å². The third-order valence-corrected chi connectivity index (χ3v) is 5.19. The first-order chi connectivity index (χ1) is 17.2. The van der Waals surface area contributed by atoms with Crippen molar-refractivity contribution < 1.29 is 27.8 Å². The highest BCUT2D eigenvalue weighted by Gasteiger charge is 2.58. The van der Waals surface area contributed by atoms with Gasteiger partial charge in [-0.3, -0.25) is 4.98 Å². The molecule has 0 amide bonds. The van der Waals surface area contributed by atoms with Gasteiger partial charge in [0.25, 0.3) is 0 Å². The molecular weight excluding hydrogens is 488 g/mol. The van der Waals surface area contributed by atoms with Gasteiger partial charge < -0.3 is 10.2 Å². The molecule has 0 aliphatic carbocycles. The first kappa shape index (κ1) is 24.7. The molecule has 0 bridgehead atoms. The van der Waals surface area contributed by atoms with Crippen molar-refractivity contribution in [3.8, 4) is 17.5 Å². The van der Waals surface area contributed by atoms with Crippen LogP contribution in [0.15, 0.2) is 54.0 Å². The Labute approximate surface area is 199 Å². The van der Waals surface area contributed by atoms with E-state index < -0.39 is 53.3 Å². The Morgan fingerprint density at radius 1 is 1.08 bits per heavy atom. The number of pyridine rings is 1. The second-order valence-electron chi connectivity index (χ2n) is 7.42. The van der Waals surface area contributed by atoms with E-state index in [0.717, 1.165) is 51.0 Å². The van der Waals surface area contributed by atoms with Crippen LogP contribution in [0.3, 0.4) is 0 Å². The summed E-state index contributed by atoms with van der Waals surface area (Å²) in [6.07, 6.45) is 3.00. The van der Waals surface area contributed by atoms with Crippen LogP contribution in [0.4, 0.5) is 17.6 Å². The molecule has 4 aromatic rings. The molecule has 1 unspecified atom stereocenters. The fourth-order valence-corrected chi connectivity index (χ4v) is 3.40. The van der Waals surface area contributed by atoms with Crippen molar-refractivity contribution in [1.29, 1.82) is 0 Å². The predicted octanol–water partition coefficient (Wildman–Crippen LogP) is 0.369. The number of benzene rings is 1. The van der Waals surface area contributed by atoms with E-state index in [9.17, 15) is 18.7 Å². The minimum atomic E-state index is -4.24. The zero-order valence-electron chi connectivity index (χ0n) is 18.1. The normalized spacial score (nSPS) is 13.2. The number of aliphatic hydroxyl groups excluding tert-OH is 1. The Morgan fingerprint density at radius 3 is 2.53 bits per heavy atom. The fraction of sp³-hybridized carbons (Fsp3) is 0.238. The number of hydrogen-bond acceptors (Lipinski definition) is 8. The molecule has 1 atom stereocenters. The van der Waals surface area contributed by atoms with E-state index in [1.54, 1.807) is 0 Å². The van der Waals surface area contributed by atoms with Gasteiger partial charge in [0.15, 0.2) is 5.60 Å². The Balaban J connectivity index is 1.72. The van der Waals surface area contributed by atoms with Crippen LogP contribution in [-0.4, -0.2) is 56.4 Å². The van der Waals surface area contributed by atoms with Gasteiger partial charge in [-0.2, -0.15) is 13.9 Å². The largest absolute Gasteiger partial charge is 0.384 e. The minimum Gasteiger partial charge on any atom is -0.384 e. The molecule has 0 saturated heterocycles. The van der Waals surface area contributed by atoms with Crippen LogP contribution in [0.2, 0.25) is 0 Å². The molecule has 4 rings (SSSR count). The maximum atomic E-state index is 15.8. The smallest absolute Gasteiger partial charge is 0.351 e. The summed E-state index contributed by atoms with van der Waals surface area (Å²) in [6, 6.07) is 3.76.